The minimum absolute atomic E-state index is 0.0821. The number of halogens is 2. The molecule has 0 saturated carbocycles. The van der Waals surface area contributed by atoms with Gasteiger partial charge in [0.25, 0.3) is 0 Å². The van der Waals surface area contributed by atoms with Crippen LogP contribution < -0.4 is 10.6 Å². The molecule has 0 aliphatic heterocycles. The molecule has 1 atom stereocenters. The number of benzene rings is 1. The minimum atomic E-state index is -1.02. The summed E-state index contributed by atoms with van der Waals surface area (Å²) < 4.78 is 13.8. The van der Waals surface area contributed by atoms with Crippen LogP contribution in [0.15, 0.2) is 22.7 Å². The fraction of sp³-hybridized carbons (Fsp3) is 0.308. The van der Waals surface area contributed by atoms with E-state index < -0.39 is 29.6 Å². The summed E-state index contributed by atoms with van der Waals surface area (Å²) in [7, 11) is 0. The highest BCUT2D eigenvalue weighted by Crippen LogP contribution is 2.24. The van der Waals surface area contributed by atoms with E-state index in [1.807, 2.05) is 5.32 Å². The van der Waals surface area contributed by atoms with Gasteiger partial charge in [0.15, 0.2) is 0 Å². The molecule has 0 aliphatic rings. The molecule has 1 aromatic carbocycles. The monoisotopic (exact) mass is 360 g/mol. The number of amides is 3. The van der Waals surface area contributed by atoms with E-state index in [1.54, 1.807) is 6.92 Å². The highest BCUT2D eigenvalue weighted by Gasteiger charge is 2.16. The van der Waals surface area contributed by atoms with E-state index in [0.29, 0.717) is 4.47 Å². The second-order valence-electron chi connectivity index (χ2n) is 4.51. The number of para-hydroxylation sites is 1. The van der Waals surface area contributed by atoms with E-state index >= 15 is 0 Å². The normalized spacial score (nSPS) is 11.6. The van der Waals surface area contributed by atoms with Crippen LogP contribution >= 0.6 is 15.9 Å². The average Bonchev–Trinajstić information content (AvgIpc) is 2.32. The molecule has 0 fully saturated rings. The maximum atomic E-state index is 13.5. The van der Waals surface area contributed by atoms with E-state index in [2.05, 4.69) is 21.2 Å². The number of hydrogen-bond donors (Lipinski definition) is 3. The molecule has 1 rings (SSSR count). The Morgan fingerprint density at radius 2 is 2.00 bits per heavy atom. The fourth-order valence-electron chi connectivity index (χ4n) is 1.63. The van der Waals surface area contributed by atoms with Crippen molar-refractivity contribution in [2.45, 2.75) is 19.8 Å². The molecule has 3 N–H and O–H groups in total. The molecule has 0 heterocycles. The standard InChI is InChI=1S/C13H14BrFN2O4/c1-7(6-11(19)20)5-10(18)16-13(21)17-12-8(14)3-2-4-9(12)15/h2-4,7H,5-6H2,1H3,(H,19,20)(H2,16,17,18,21). The molecule has 8 heteroatoms. The zero-order chi connectivity index (χ0) is 16.0. The molecule has 0 aliphatic carbocycles. The summed E-state index contributed by atoms with van der Waals surface area (Å²) in [4.78, 5) is 33.6. The van der Waals surface area contributed by atoms with Crippen LogP contribution in [0, 0.1) is 11.7 Å². The summed E-state index contributed by atoms with van der Waals surface area (Å²) >= 11 is 3.08. The molecule has 0 saturated heterocycles. The Labute approximate surface area is 128 Å². The van der Waals surface area contributed by atoms with Gasteiger partial charge in [-0.3, -0.25) is 14.9 Å². The van der Waals surface area contributed by atoms with Gasteiger partial charge in [0.2, 0.25) is 5.91 Å². The first-order valence-corrected chi connectivity index (χ1v) is 6.85. The molecule has 0 bridgehead atoms. The van der Waals surface area contributed by atoms with Gasteiger partial charge in [-0.05, 0) is 34.0 Å². The number of carboxylic acid groups (broad SMARTS) is 1. The molecule has 6 nitrogen and oxygen atoms in total. The van der Waals surface area contributed by atoms with Crippen LogP contribution in [-0.2, 0) is 9.59 Å². The van der Waals surface area contributed by atoms with Gasteiger partial charge >= 0.3 is 12.0 Å². The Kier molecular flexibility index (Phi) is 6.29. The molecular weight excluding hydrogens is 347 g/mol. The number of anilines is 1. The van der Waals surface area contributed by atoms with Gasteiger partial charge < -0.3 is 10.4 Å². The summed E-state index contributed by atoms with van der Waals surface area (Å²) in [5.74, 6) is -2.70. The van der Waals surface area contributed by atoms with Crippen LogP contribution in [0.3, 0.4) is 0 Å². The third-order valence-corrected chi connectivity index (χ3v) is 3.17. The van der Waals surface area contributed by atoms with Crippen LogP contribution in [-0.4, -0.2) is 23.0 Å². The summed E-state index contributed by atoms with van der Waals surface area (Å²) in [6, 6.07) is 3.28. The van der Waals surface area contributed by atoms with Gasteiger partial charge in [0, 0.05) is 17.3 Å². The van der Waals surface area contributed by atoms with Gasteiger partial charge in [-0.25, -0.2) is 9.18 Å². The van der Waals surface area contributed by atoms with E-state index in [-0.39, 0.29) is 18.5 Å². The second-order valence-corrected chi connectivity index (χ2v) is 5.36. The van der Waals surface area contributed by atoms with E-state index in [1.165, 1.54) is 12.1 Å². The van der Waals surface area contributed by atoms with Crippen molar-refractivity contribution in [3.63, 3.8) is 0 Å². The van der Waals surface area contributed by atoms with Crippen molar-refractivity contribution in [3.8, 4) is 0 Å². The molecular formula is C13H14BrFN2O4. The third kappa shape index (κ3) is 5.90. The lowest BCUT2D eigenvalue weighted by molar-refractivity contribution is -0.138. The van der Waals surface area contributed by atoms with Gasteiger partial charge in [0.05, 0.1) is 5.69 Å². The predicted octanol–water partition coefficient (Wildman–Crippen LogP) is 2.74. The minimum Gasteiger partial charge on any atom is -0.481 e. The van der Waals surface area contributed by atoms with Crippen molar-refractivity contribution < 1.29 is 23.9 Å². The third-order valence-electron chi connectivity index (χ3n) is 2.51. The van der Waals surface area contributed by atoms with Crippen molar-refractivity contribution in [3.05, 3.63) is 28.5 Å². The predicted molar refractivity (Wildman–Crippen MR) is 77.3 cm³/mol. The zero-order valence-corrected chi connectivity index (χ0v) is 12.7. The maximum absolute atomic E-state index is 13.5. The van der Waals surface area contributed by atoms with Crippen molar-refractivity contribution in [2.75, 3.05) is 5.32 Å². The second kappa shape index (κ2) is 7.72. The number of carboxylic acids is 1. The Bertz CT molecular complexity index is 545. The summed E-state index contributed by atoms with van der Waals surface area (Å²) in [5.41, 5.74) is -0.0821. The summed E-state index contributed by atoms with van der Waals surface area (Å²) in [6.07, 6.45) is -0.286. The molecule has 3 amide bonds. The lowest BCUT2D eigenvalue weighted by atomic mass is 10.0. The Balaban J connectivity index is 2.54. The van der Waals surface area contributed by atoms with E-state index in [4.69, 9.17) is 5.11 Å². The zero-order valence-electron chi connectivity index (χ0n) is 11.2. The van der Waals surface area contributed by atoms with Crippen LogP contribution in [0.4, 0.5) is 14.9 Å². The van der Waals surface area contributed by atoms with Crippen molar-refractivity contribution in [1.29, 1.82) is 0 Å². The first kappa shape index (κ1) is 17.1. The average molecular weight is 361 g/mol. The Hall–Kier alpha value is -1.96. The van der Waals surface area contributed by atoms with Crippen LogP contribution in [0.1, 0.15) is 19.8 Å². The van der Waals surface area contributed by atoms with Gasteiger partial charge in [-0.15, -0.1) is 0 Å². The molecule has 0 aromatic heterocycles. The van der Waals surface area contributed by atoms with Crippen molar-refractivity contribution in [2.24, 2.45) is 5.92 Å². The first-order chi connectivity index (χ1) is 9.79. The summed E-state index contributed by atoms with van der Waals surface area (Å²) in [5, 5.41) is 12.8. The largest absolute Gasteiger partial charge is 0.481 e. The van der Waals surface area contributed by atoms with Gasteiger partial charge in [0.1, 0.15) is 5.82 Å². The lowest BCUT2D eigenvalue weighted by Crippen LogP contribution is -2.35. The highest BCUT2D eigenvalue weighted by molar-refractivity contribution is 9.10. The smallest absolute Gasteiger partial charge is 0.325 e. The van der Waals surface area contributed by atoms with Crippen molar-refractivity contribution in [1.82, 2.24) is 5.32 Å². The number of carbonyl (C=O) groups excluding carboxylic acids is 2. The first-order valence-electron chi connectivity index (χ1n) is 6.06. The Morgan fingerprint density at radius 1 is 1.33 bits per heavy atom. The fourth-order valence-corrected chi connectivity index (χ4v) is 2.07. The molecule has 114 valence electrons. The molecule has 0 spiro atoms. The van der Waals surface area contributed by atoms with Gasteiger partial charge in [-0.1, -0.05) is 13.0 Å². The number of hydrogen-bond acceptors (Lipinski definition) is 3. The lowest BCUT2D eigenvalue weighted by Gasteiger charge is -2.11. The van der Waals surface area contributed by atoms with E-state index in [0.717, 1.165) is 6.07 Å². The number of rotatable bonds is 5. The molecule has 1 aromatic rings. The van der Waals surface area contributed by atoms with Gasteiger partial charge in [-0.2, -0.15) is 0 Å². The SMILES string of the molecule is CC(CC(=O)O)CC(=O)NC(=O)Nc1c(F)cccc1Br. The van der Waals surface area contributed by atoms with Crippen molar-refractivity contribution >= 4 is 39.5 Å². The van der Waals surface area contributed by atoms with E-state index in [9.17, 15) is 18.8 Å². The number of nitrogens with one attached hydrogen (secondary N) is 2. The molecule has 21 heavy (non-hydrogen) atoms. The maximum Gasteiger partial charge on any atom is 0.325 e. The number of aliphatic carboxylic acids is 1. The highest BCUT2D eigenvalue weighted by atomic mass is 79.9. The number of imide groups is 1. The number of carbonyl (C=O) groups is 3. The van der Waals surface area contributed by atoms with Crippen LogP contribution in [0.25, 0.3) is 0 Å². The quantitative estimate of drug-likeness (QED) is 0.752. The number of urea groups is 1. The topological polar surface area (TPSA) is 95.5 Å². The van der Waals surface area contributed by atoms with Crippen LogP contribution in [0.5, 0.6) is 0 Å². The summed E-state index contributed by atoms with van der Waals surface area (Å²) in [6.45, 7) is 1.58. The Morgan fingerprint density at radius 3 is 2.57 bits per heavy atom. The molecule has 0 radical (unpaired) electrons. The molecule has 1 unspecified atom stereocenters. The van der Waals surface area contributed by atoms with Crippen LogP contribution in [0.2, 0.25) is 0 Å².